The Morgan fingerprint density at radius 3 is 2.56 bits per heavy atom. The standard InChI is InChI=1S/C10H18N2O5S/c1-2-3-8(9(13)14)12-10(15)11-7-4-5-18(16,17)6-7/h7-8H,2-6H2,1H3,(H,13,14)(H2,11,12,15)/t7?,8-/m1/s1. The number of rotatable bonds is 5. The van der Waals surface area contributed by atoms with Gasteiger partial charge in [0.05, 0.1) is 11.5 Å². The van der Waals surface area contributed by atoms with E-state index in [1.54, 1.807) is 0 Å². The molecule has 0 aromatic heterocycles. The van der Waals surface area contributed by atoms with E-state index in [4.69, 9.17) is 5.11 Å². The van der Waals surface area contributed by atoms with Crippen molar-refractivity contribution in [2.24, 2.45) is 0 Å². The van der Waals surface area contributed by atoms with Crippen molar-refractivity contribution in [3.8, 4) is 0 Å². The Morgan fingerprint density at radius 1 is 1.44 bits per heavy atom. The summed E-state index contributed by atoms with van der Waals surface area (Å²) in [5, 5.41) is 13.7. The number of nitrogens with one attached hydrogen (secondary N) is 2. The van der Waals surface area contributed by atoms with E-state index in [9.17, 15) is 18.0 Å². The number of hydrogen-bond donors (Lipinski definition) is 3. The van der Waals surface area contributed by atoms with E-state index in [0.29, 0.717) is 19.3 Å². The van der Waals surface area contributed by atoms with Gasteiger partial charge in [-0.2, -0.15) is 0 Å². The summed E-state index contributed by atoms with van der Waals surface area (Å²) in [5.41, 5.74) is 0. The van der Waals surface area contributed by atoms with Crippen LogP contribution < -0.4 is 10.6 Å². The summed E-state index contributed by atoms with van der Waals surface area (Å²) in [7, 11) is -3.05. The van der Waals surface area contributed by atoms with E-state index in [1.807, 2.05) is 6.92 Å². The molecule has 1 heterocycles. The van der Waals surface area contributed by atoms with Crippen molar-refractivity contribution in [2.75, 3.05) is 11.5 Å². The highest BCUT2D eigenvalue weighted by molar-refractivity contribution is 7.91. The van der Waals surface area contributed by atoms with Crippen LogP contribution >= 0.6 is 0 Å². The van der Waals surface area contributed by atoms with Crippen molar-refractivity contribution >= 4 is 21.8 Å². The van der Waals surface area contributed by atoms with Gasteiger partial charge in [0, 0.05) is 6.04 Å². The number of sulfone groups is 1. The van der Waals surface area contributed by atoms with Gasteiger partial charge < -0.3 is 15.7 Å². The zero-order chi connectivity index (χ0) is 13.8. The molecule has 0 saturated carbocycles. The predicted molar refractivity (Wildman–Crippen MR) is 65.1 cm³/mol. The average molecular weight is 278 g/mol. The molecule has 2 amide bonds. The number of urea groups is 1. The van der Waals surface area contributed by atoms with Crippen LogP contribution in [0, 0.1) is 0 Å². The zero-order valence-corrected chi connectivity index (χ0v) is 11.0. The summed E-state index contributed by atoms with van der Waals surface area (Å²) in [6, 6.07) is -1.99. The van der Waals surface area contributed by atoms with Gasteiger partial charge in [0.15, 0.2) is 9.84 Å². The quantitative estimate of drug-likeness (QED) is 0.640. The van der Waals surface area contributed by atoms with Crippen LogP contribution in [0.15, 0.2) is 0 Å². The number of aliphatic carboxylic acids is 1. The van der Waals surface area contributed by atoms with Gasteiger partial charge >= 0.3 is 12.0 Å². The maximum atomic E-state index is 11.5. The summed E-state index contributed by atoms with van der Waals surface area (Å²) in [6.45, 7) is 1.82. The molecule has 1 saturated heterocycles. The molecule has 2 atom stereocenters. The van der Waals surface area contributed by atoms with Gasteiger partial charge in [-0.3, -0.25) is 0 Å². The first kappa shape index (κ1) is 14.7. The first-order chi connectivity index (χ1) is 8.34. The lowest BCUT2D eigenvalue weighted by atomic mass is 10.2. The Balaban J connectivity index is 2.44. The second-order valence-electron chi connectivity index (χ2n) is 4.40. The molecule has 104 valence electrons. The minimum absolute atomic E-state index is 0.0647. The summed E-state index contributed by atoms with van der Waals surface area (Å²) in [6.07, 6.45) is 1.35. The predicted octanol–water partition coefficient (Wildman–Crippen LogP) is -0.274. The van der Waals surface area contributed by atoms with E-state index in [0.717, 1.165) is 0 Å². The Labute approximate surface area is 106 Å². The monoisotopic (exact) mass is 278 g/mol. The number of carbonyl (C=O) groups excluding carboxylic acids is 1. The van der Waals surface area contributed by atoms with Crippen LogP contribution in [0.4, 0.5) is 4.79 Å². The molecule has 8 heteroatoms. The van der Waals surface area contributed by atoms with E-state index in [1.165, 1.54) is 0 Å². The highest BCUT2D eigenvalue weighted by atomic mass is 32.2. The van der Waals surface area contributed by atoms with Crippen molar-refractivity contribution in [1.29, 1.82) is 0 Å². The van der Waals surface area contributed by atoms with Gasteiger partial charge in [0.25, 0.3) is 0 Å². The van der Waals surface area contributed by atoms with E-state index in [2.05, 4.69) is 10.6 Å². The highest BCUT2D eigenvalue weighted by Crippen LogP contribution is 2.11. The molecule has 0 aliphatic carbocycles. The molecule has 1 aliphatic rings. The van der Waals surface area contributed by atoms with Crippen LogP contribution in [-0.4, -0.2) is 49.1 Å². The molecule has 0 spiro atoms. The van der Waals surface area contributed by atoms with Crippen molar-refractivity contribution in [3.05, 3.63) is 0 Å². The van der Waals surface area contributed by atoms with E-state index < -0.39 is 33.9 Å². The lowest BCUT2D eigenvalue weighted by Crippen LogP contribution is -2.49. The fraction of sp³-hybridized carbons (Fsp3) is 0.800. The Bertz CT molecular complexity index is 420. The molecule has 0 aromatic carbocycles. The molecule has 1 unspecified atom stereocenters. The van der Waals surface area contributed by atoms with Crippen LogP contribution in [0.1, 0.15) is 26.2 Å². The molecular weight excluding hydrogens is 260 g/mol. The minimum atomic E-state index is -3.05. The molecule has 18 heavy (non-hydrogen) atoms. The van der Waals surface area contributed by atoms with Crippen LogP contribution in [0.25, 0.3) is 0 Å². The van der Waals surface area contributed by atoms with Gasteiger partial charge in [0.1, 0.15) is 6.04 Å². The van der Waals surface area contributed by atoms with Crippen LogP contribution in [0.5, 0.6) is 0 Å². The SMILES string of the molecule is CCC[C@@H](NC(=O)NC1CCS(=O)(=O)C1)C(=O)O. The number of carboxylic acid groups (broad SMARTS) is 1. The third-order valence-corrected chi connectivity index (χ3v) is 4.52. The molecule has 0 bridgehead atoms. The van der Waals surface area contributed by atoms with E-state index in [-0.39, 0.29) is 11.5 Å². The maximum absolute atomic E-state index is 11.5. The first-order valence-electron chi connectivity index (χ1n) is 5.84. The number of carboxylic acids is 1. The van der Waals surface area contributed by atoms with Crippen molar-refractivity contribution in [3.63, 3.8) is 0 Å². The average Bonchev–Trinajstić information content (AvgIpc) is 2.57. The fourth-order valence-corrected chi connectivity index (χ4v) is 3.51. The molecule has 3 N–H and O–H groups in total. The first-order valence-corrected chi connectivity index (χ1v) is 7.66. The van der Waals surface area contributed by atoms with Crippen molar-refractivity contribution in [2.45, 2.75) is 38.3 Å². The van der Waals surface area contributed by atoms with Crippen molar-refractivity contribution in [1.82, 2.24) is 10.6 Å². The van der Waals surface area contributed by atoms with Gasteiger partial charge in [0.2, 0.25) is 0 Å². The summed E-state index contributed by atoms with van der Waals surface area (Å²) in [5.74, 6) is -1.10. The topological polar surface area (TPSA) is 113 Å². The van der Waals surface area contributed by atoms with Gasteiger partial charge in [-0.15, -0.1) is 0 Å². The third-order valence-electron chi connectivity index (χ3n) is 2.75. The number of hydrogen-bond acceptors (Lipinski definition) is 4. The Kier molecular flexibility index (Phi) is 4.94. The molecule has 1 rings (SSSR count). The lowest BCUT2D eigenvalue weighted by molar-refractivity contribution is -0.139. The van der Waals surface area contributed by atoms with Gasteiger partial charge in [-0.05, 0) is 12.8 Å². The number of carbonyl (C=O) groups is 2. The normalized spacial score (nSPS) is 23.3. The molecule has 1 fully saturated rings. The highest BCUT2D eigenvalue weighted by Gasteiger charge is 2.29. The molecule has 0 aromatic rings. The minimum Gasteiger partial charge on any atom is -0.480 e. The van der Waals surface area contributed by atoms with Crippen LogP contribution in [0.2, 0.25) is 0 Å². The summed E-state index contributed by atoms with van der Waals surface area (Å²) < 4.78 is 22.4. The van der Waals surface area contributed by atoms with Crippen LogP contribution in [-0.2, 0) is 14.6 Å². The summed E-state index contributed by atoms with van der Waals surface area (Å²) >= 11 is 0. The smallest absolute Gasteiger partial charge is 0.326 e. The van der Waals surface area contributed by atoms with Gasteiger partial charge in [-0.1, -0.05) is 13.3 Å². The molecular formula is C10H18N2O5S. The molecule has 1 aliphatic heterocycles. The Hall–Kier alpha value is -1.31. The fourth-order valence-electron chi connectivity index (χ4n) is 1.84. The second-order valence-corrected chi connectivity index (χ2v) is 6.63. The maximum Gasteiger partial charge on any atom is 0.326 e. The zero-order valence-electron chi connectivity index (χ0n) is 10.2. The van der Waals surface area contributed by atoms with Gasteiger partial charge in [-0.25, -0.2) is 18.0 Å². The Morgan fingerprint density at radius 2 is 2.11 bits per heavy atom. The largest absolute Gasteiger partial charge is 0.480 e. The van der Waals surface area contributed by atoms with Crippen molar-refractivity contribution < 1.29 is 23.1 Å². The van der Waals surface area contributed by atoms with Crippen LogP contribution in [0.3, 0.4) is 0 Å². The molecule has 7 nitrogen and oxygen atoms in total. The molecule has 0 radical (unpaired) electrons. The van der Waals surface area contributed by atoms with E-state index >= 15 is 0 Å². The third kappa shape index (κ3) is 4.52. The second kappa shape index (κ2) is 6.03. The lowest BCUT2D eigenvalue weighted by Gasteiger charge is -2.16. The number of amides is 2. The summed E-state index contributed by atoms with van der Waals surface area (Å²) in [4.78, 5) is 22.3.